The van der Waals surface area contributed by atoms with E-state index in [4.69, 9.17) is 16.3 Å². The molecule has 0 aliphatic rings. The monoisotopic (exact) mass is 244 g/mol. The molecule has 90 valence electrons. The first-order valence-electron chi connectivity index (χ1n) is 5.59. The van der Waals surface area contributed by atoms with Gasteiger partial charge in [0.2, 0.25) is 0 Å². The van der Waals surface area contributed by atoms with Gasteiger partial charge in [0.05, 0.1) is 13.3 Å². The van der Waals surface area contributed by atoms with E-state index in [-0.39, 0.29) is 6.67 Å². The van der Waals surface area contributed by atoms with Gasteiger partial charge in [0.15, 0.2) is 0 Å². The fraction of sp³-hybridized carbons (Fsp3) is 0.538. The van der Waals surface area contributed by atoms with Gasteiger partial charge < -0.3 is 4.74 Å². The molecule has 0 unspecified atom stereocenters. The molecule has 0 bridgehead atoms. The highest BCUT2D eigenvalue weighted by atomic mass is 35.5. The van der Waals surface area contributed by atoms with E-state index in [1.54, 1.807) is 0 Å². The summed E-state index contributed by atoms with van der Waals surface area (Å²) in [5.74, 6) is 0.843. The number of hydrogen-bond acceptors (Lipinski definition) is 1. The third-order valence-electron chi connectivity index (χ3n) is 2.63. The van der Waals surface area contributed by atoms with E-state index in [0.29, 0.717) is 19.4 Å². The topological polar surface area (TPSA) is 9.23 Å². The van der Waals surface area contributed by atoms with E-state index >= 15 is 0 Å². The molecule has 0 saturated heterocycles. The Balaban J connectivity index is 3.13. The summed E-state index contributed by atoms with van der Waals surface area (Å²) in [5.41, 5.74) is 3.06. The van der Waals surface area contributed by atoms with Crippen LogP contribution >= 0.6 is 11.6 Å². The molecule has 0 fully saturated rings. The molecule has 0 aromatic heterocycles. The maximum atomic E-state index is 12.2. The molecule has 0 aliphatic heterocycles. The van der Waals surface area contributed by atoms with Gasteiger partial charge in [-0.2, -0.15) is 0 Å². The maximum Gasteiger partial charge on any atom is 0.123 e. The van der Waals surface area contributed by atoms with Crippen molar-refractivity contribution in [3.8, 4) is 5.75 Å². The number of halogens is 2. The summed E-state index contributed by atoms with van der Waals surface area (Å²) in [6, 6.07) is 1.94. The van der Waals surface area contributed by atoms with Crippen LogP contribution in [0.3, 0.4) is 0 Å². The number of aryl methyl sites for hydroxylation is 1. The number of alkyl halides is 1. The summed E-state index contributed by atoms with van der Waals surface area (Å²) >= 11 is 6.18. The summed E-state index contributed by atoms with van der Waals surface area (Å²) in [5, 5.41) is 0.761. The minimum absolute atomic E-state index is 0.309. The van der Waals surface area contributed by atoms with Crippen LogP contribution in [0.4, 0.5) is 4.39 Å². The van der Waals surface area contributed by atoms with E-state index in [0.717, 1.165) is 27.5 Å². The van der Waals surface area contributed by atoms with Crippen LogP contribution in [0.1, 0.15) is 30.0 Å². The zero-order chi connectivity index (χ0) is 12.1. The molecule has 1 aromatic rings. The van der Waals surface area contributed by atoms with E-state index in [9.17, 15) is 4.39 Å². The molecule has 0 amide bonds. The van der Waals surface area contributed by atoms with Gasteiger partial charge in [-0.05, 0) is 56.4 Å². The standard InChI is InChI=1S/C13H18ClFO/c1-4-16-12-8-9(2)13(14)10(3)11(12)6-5-7-15/h8H,4-7H2,1-3H3. The zero-order valence-electron chi connectivity index (χ0n) is 10.1. The second-order valence-electron chi connectivity index (χ2n) is 3.83. The van der Waals surface area contributed by atoms with E-state index < -0.39 is 0 Å². The largest absolute Gasteiger partial charge is 0.494 e. The number of hydrogen-bond donors (Lipinski definition) is 0. The lowest BCUT2D eigenvalue weighted by atomic mass is 10.00. The summed E-state index contributed by atoms with van der Waals surface area (Å²) in [6.07, 6.45) is 1.19. The molecule has 0 radical (unpaired) electrons. The van der Waals surface area contributed by atoms with Crippen LogP contribution in [0.5, 0.6) is 5.75 Å². The fourth-order valence-electron chi connectivity index (χ4n) is 1.80. The van der Waals surface area contributed by atoms with Gasteiger partial charge in [-0.3, -0.25) is 4.39 Å². The van der Waals surface area contributed by atoms with Gasteiger partial charge in [0.25, 0.3) is 0 Å². The normalized spacial score (nSPS) is 10.6. The Morgan fingerprint density at radius 1 is 1.38 bits per heavy atom. The Morgan fingerprint density at radius 2 is 2.06 bits per heavy atom. The fourth-order valence-corrected chi connectivity index (χ4v) is 1.97. The Hall–Kier alpha value is -0.760. The molecule has 0 aliphatic carbocycles. The van der Waals surface area contributed by atoms with Crippen molar-refractivity contribution in [2.45, 2.75) is 33.6 Å². The van der Waals surface area contributed by atoms with Crippen molar-refractivity contribution in [2.24, 2.45) is 0 Å². The van der Waals surface area contributed by atoms with Crippen LogP contribution in [0.2, 0.25) is 5.02 Å². The SMILES string of the molecule is CCOc1cc(C)c(Cl)c(C)c1CCCF. The lowest BCUT2D eigenvalue weighted by Crippen LogP contribution is -2.01. The number of ether oxygens (including phenoxy) is 1. The van der Waals surface area contributed by atoms with Crippen molar-refractivity contribution < 1.29 is 9.13 Å². The van der Waals surface area contributed by atoms with Gasteiger partial charge in [0.1, 0.15) is 5.75 Å². The van der Waals surface area contributed by atoms with Crippen molar-refractivity contribution >= 4 is 11.6 Å². The summed E-state index contributed by atoms with van der Waals surface area (Å²) < 4.78 is 17.8. The van der Waals surface area contributed by atoms with Gasteiger partial charge in [-0.25, -0.2) is 0 Å². The second-order valence-corrected chi connectivity index (χ2v) is 4.21. The zero-order valence-corrected chi connectivity index (χ0v) is 10.8. The Bertz CT molecular complexity index is 363. The Kier molecular flexibility index (Phi) is 5.07. The Morgan fingerprint density at radius 3 is 2.62 bits per heavy atom. The predicted octanol–water partition coefficient (Wildman–Crippen LogP) is 4.26. The first-order valence-corrected chi connectivity index (χ1v) is 5.97. The molecular weight excluding hydrogens is 227 g/mol. The van der Waals surface area contributed by atoms with Crippen molar-refractivity contribution in [1.82, 2.24) is 0 Å². The minimum Gasteiger partial charge on any atom is -0.494 e. The molecule has 0 heterocycles. The van der Waals surface area contributed by atoms with Crippen LogP contribution in [0, 0.1) is 13.8 Å². The molecule has 1 nitrogen and oxygen atoms in total. The van der Waals surface area contributed by atoms with Gasteiger partial charge >= 0.3 is 0 Å². The molecule has 1 rings (SSSR count). The smallest absolute Gasteiger partial charge is 0.123 e. The van der Waals surface area contributed by atoms with Crippen molar-refractivity contribution in [3.63, 3.8) is 0 Å². The van der Waals surface area contributed by atoms with Crippen LogP contribution < -0.4 is 4.74 Å². The summed E-state index contributed by atoms with van der Waals surface area (Å²) in [7, 11) is 0. The molecule has 1 aromatic carbocycles. The highest BCUT2D eigenvalue weighted by Crippen LogP contribution is 2.32. The molecule has 0 spiro atoms. The van der Waals surface area contributed by atoms with Crippen molar-refractivity contribution in [1.29, 1.82) is 0 Å². The maximum absolute atomic E-state index is 12.2. The van der Waals surface area contributed by atoms with Crippen molar-refractivity contribution in [3.05, 3.63) is 27.8 Å². The quantitative estimate of drug-likeness (QED) is 0.752. The van der Waals surface area contributed by atoms with Gasteiger partial charge in [-0.1, -0.05) is 11.6 Å². The highest BCUT2D eigenvalue weighted by molar-refractivity contribution is 6.32. The number of rotatable bonds is 5. The first kappa shape index (κ1) is 13.3. The average Bonchev–Trinajstić information content (AvgIpc) is 2.26. The molecule has 16 heavy (non-hydrogen) atoms. The van der Waals surface area contributed by atoms with Gasteiger partial charge in [-0.15, -0.1) is 0 Å². The third-order valence-corrected chi connectivity index (χ3v) is 3.21. The van der Waals surface area contributed by atoms with Crippen LogP contribution in [-0.4, -0.2) is 13.3 Å². The molecular formula is C13H18ClFO. The van der Waals surface area contributed by atoms with Crippen LogP contribution in [0.15, 0.2) is 6.07 Å². The van der Waals surface area contributed by atoms with Crippen LogP contribution in [0.25, 0.3) is 0 Å². The number of benzene rings is 1. The molecule has 0 atom stereocenters. The van der Waals surface area contributed by atoms with E-state index in [2.05, 4.69) is 0 Å². The van der Waals surface area contributed by atoms with Crippen LogP contribution in [-0.2, 0) is 6.42 Å². The molecule has 3 heteroatoms. The molecule has 0 saturated carbocycles. The predicted molar refractivity (Wildman–Crippen MR) is 66.4 cm³/mol. The summed E-state index contributed by atoms with van der Waals surface area (Å²) in [6.45, 7) is 6.17. The lowest BCUT2D eigenvalue weighted by molar-refractivity contribution is 0.335. The van der Waals surface area contributed by atoms with E-state index in [1.807, 2.05) is 26.8 Å². The third kappa shape index (κ3) is 2.88. The van der Waals surface area contributed by atoms with Gasteiger partial charge in [0, 0.05) is 5.02 Å². The average molecular weight is 245 g/mol. The summed E-state index contributed by atoms with van der Waals surface area (Å²) in [4.78, 5) is 0. The lowest BCUT2D eigenvalue weighted by Gasteiger charge is -2.15. The highest BCUT2D eigenvalue weighted by Gasteiger charge is 2.12. The second kappa shape index (κ2) is 6.09. The minimum atomic E-state index is -0.309. The molecule has 0 N–H and O–H groups in total. The van der Waals surface area contributed by atoms with E-state index in [1.165, 1.54) is 0 Å². The Labute approximate surface area is 102 Å². The first-order chi connectivity index (χ1) is 7.61. The van der Waals surface area contributed by atoms with Crippen molar-refractivity contribution in [2.75, 3.05) is 13.3 Å².